The normalized spacial score (nSPS) is 17.5. The number of piperidine rings is 1. The van der Waals surface area contributed by atoms with Crippen molar-refractivity contribution in [2.24, 2.45) is 0 Å². The fourth-order valence-corrected chi connectivity index (χ4v) is 7.08. The Hall–Kier alpha value is -5.31. The van der Waals surface area contributed by atoms with Crippen LogP contribution in [-0.4, -0.2) is 54.8 Å². The molecule has 3 amide bonds. The number of fused-ring (bicyclic) bond motifs is 1. The van der Waals surface area contributed by atoms with Crippen LogP contribution in [0.3, 0.4) is 0 Å². The van der Waals surface area contributed by atoms with Crippen molar-refractivity contribution < 1.29 is 14.4 Å². The minimum Gasteiger partial charge on any atom is -0.351 e. The zero-order valence-corrected chi connectivity index (χ0v) is 28.4. The second-order valence-electron chi connectivity index (χ2n) is 13.3. The van der Waals surface area contributed by atoms with Gasteiger partial charge in [0.2, 0.25) is 5.91 Å². The Balaban J connectivity index is 0.942. The van der Waals surface area contributed by atoms with Gasteiger partial charge in [0.1, 0.15) is 0 Å². The SMILES string of the molecule is CC1CCCCN1CCCNCC(=O)NCc1ccc(-c2ccc(C3=C4C(=O)NC(c5ccc(-c6ccccc6)cc5)=C4C(=O)N3)cc2)cc1. The Morgan fingerprint density at radius 1 is 0.700 bits per heavy atom. The van der Waals surface area contributed by atoms with Gasteiger partial charge in [0.15, 0.2) is 0 Å². The predicted octanol–water partition coefficient (Wildman–Crippen LogP) is 5.87. The molecule has 0 radical (unpaired) electrons. The van der Waals surface area contributed by atoms with E-state index in [4.69, 9.17) is 0 Å². The van der Waals surface area contributed by atoms with E-state index in [0.717, 1.165) is 58.5 Å². The molecule has 3 aliphatic rings. The standard InChI is InChI=1S/C42H43N5O3/c1-28-8-5-6-24-47(28)25-7-23-43-27-36(48)44-26-29-11-13-31(14-12-29)33-17-21-35(22-18-33)40-38-37(41(49)46-40)39(45-42(38)50)34-19-15-32(16-20-34)30-9-3-2-4-10-30/h2-4,9-22,28,43H,5-8,23-27H2,1H3,(H,44,48)(H,45,50)(H,46,49). The first kappa shape index (κ1) is 33.2. The Morgan fingerprint density at radius 2 is 1.22 bits per heavy atom. The first-order chi connectivity index (χ1) is 24.4. The number of nitrogens with zero attached hydrogens (tertiary/aromatic N) is 1. The summed E-state index contributed by atoms with van der Waals surface area (Å²) >= 11 is 0. The highest BCUT2D eigenvalue weighted by molar-refractivity contribution is 6.30. The molecule has 3 heterocycles. The molecule has 0 bridgehead atoms. The highest BCUT2D eigenvalue weighted by atomic mass is 16.2. The molecule has 8 heteroatoms. The van der Waals surface area contributed by atoms with Crippen LogP contribution in [0.5, 0.6) is 0 Å². The Morgan fingerprint density at radius 3 is 1.78 bits per heavy atom. The number of amides is 3. The summed E-state index contributed by atoms with van der Waals surface area (Å²) in [7, 11) is 0. The van der Waals surface area contributed by atoms with Crippen LogP contribution >= 0.6 is 0 Å². The lowest BCUT2D eigenvalue weighted by atomic mass is 9.98. The number of carbonyl (C=O) groups is 3. The van der Waals surface area contributed by atoms with Crippen molar-refractivity contribution in [1.82, 2.24) is 26.2 Å². The quantitative estimate of drug-likeness (QED) is 0.142. The zero-order valence-electron chi connectivity index (χ0n) is 28.4. The molecule has 0 saturated carbocycles. The smallest absolute Gasteiger partial charge is 0.258 e. The number of hydrogen-bond acceptors (Lipinski definition) is 5. The first-order valence-electron chi connectivity index (χ1n) is 17.6. The van der Waals surface area contributed by atoms with Gasteiger partial charge in [0, 0.05) is 12.6 Å². The molecule has 1 saturated heterocycles. The van der Waals surface area contributed by atoms with E-state index < -0.39 is 0 Å². The monoisotopic (exact) mass is 665 g/mol. The maximum atomic E-state index is 13.2. The second-order valence-corrected chi connectivity index (χ2v) is 13.3. The fourth-order valence-electron chi connectivity index (χ4n) is 7.08. The summed E-state index contributed by atoms with van der Waals surface area (Å²) in [4.78, 5) is 41.3. The van der Waals surface area contributed by atoms with Crippen LogP contribution in [0.25, 0.3) is 33.6 Å². The number of rotatable bonds is 12. The molecule has 8 nitrogen and oxygen atoms in total. The highest BCUT2D eigenvalue weighted by Gasteiger charge is 2.40. The van der Waals surface area contributed by atoms with Crippen molar-refractivity contribution in [1.29, 1.82) is 0 Å². The van der Waals surface area contributed by atoms with E-state index in [2.05, 4.69) is 33.1 Å². The van der Waals surface area contributed by atoms with Crippen molar-refractivity contribution in [3.63, 3.8) is 0 Å². The van der Waals surface area contributed by atoms with Gasteiger partial charge >= 0.3 is 0 Å². The van der Waals surface area contributed by atoms with E-state index in [0.29, 0.717) is 41.7 Å². The van der Waals surface area contributed by atoms with E-state index in [-0.39, 0.29) is 17.7 Å². The zero-order chi connectivity index (χ0) is 34.5. The van der Waals surface area contributed by atoms with Crippen molar-refractivity contribution >= 4 is 29.1 Å². The molecule has 0 spiro atoms. The Bertz CT molecular complexity index is 1930. The van der Waals surface area contributed by atoms with Gasteiger partial charge in [-0.3, -0.25) is 14.4 Å². The maximum Gasteiger partial charge on any atom is 0.258 e. The lowest BCUT2D eigenvalue weighted by molar-refractivity contribution is -0.120. The molecule has 4 aromatic carbocycles. The molecule has 254 valence electrons. The Labute approximate surface area is 293 Å². The molecule has 4 N–H and O–H groups in total. The summed E-state index contributed by atoms with van der Waals surface area (Å²) < 4.78 is 0. The third kappa shape index (κ3) is 7.32. The summed E-state index contributed by atoms with van der Waals surface area (Å²) in [5.41, 5.74) is 8.56. The molecule has 1 fully saturated rings. The van der Waals surface area contributed by atoms with Gasteiger partial charge in [-0.15, -0.1) is 0 Å². The number of likely N-dealkylation sites (tertiary alicyclic amines) is 1. The lowest BCUT2D eigenvalue weighted by Gasteiger charge is -2.33. The molecular weight excluding hydrogens is 622 g/mol. The third-order valence-corrected chi connectivity index (χ3v) is 9.94. The van der Waals surface area contributed by atoms with Crippen molar-refractivity contribution in [2.45, 2.75) is 45.2 Å². The minimum atomic E-state index is -0.291. The number of hydrogen-bond donors (Lipinski definition) is 4. The van der Waals surface area contributed by atoms with Gasteiger partial charge in [-0.25, -0.2) is 0 Å². The highest BCUT2D eigenvalue weighted by Crippen LogP contribution is 2.38. The molecule has 1 atom stereocenters. The summed E-state index contributed by atoms with van der Waals surface area (Å²) in [6.07, 6.45) is 4.97. The van der Waals surface area contributed by atoms with E-state index >= 15 is 0 Å². The van der Waals surface area contributed by atoms with E-state index in [1.165, 1.54) is 25.8 Å². The topological polar surface area (TPSA) is 103 Å². The van der Waals surface area contributed by atoms with E-state index in [9.17, 15) is 14.4 Å². The van der Waals surface area contributed by atoms with Crippen LogP contribution in [0.4, 0.5) is 0 Å². The van der Waals surface area contributed by atoms with Crippen LogP contribution in [0.1, 0.15) is 49.3 Å². The summed E-state index contributed by atoms with van der Waals surface area (Å²) in [5, 5.41) is 12.2. The average Bonchev–Trinajstić information content (AvgIpc) is 3.69. The molecule has 4 aromatic rings. The van der Waals surface area contributed by atoms with Crippen molar-refractivity contribution in [3.05, 3.63) is 131 Å². The molecule has 0 aromatic heterocycles. The summed E-state index contributed by atoms with van der Waals surface area (Å²) in [5.74, 6) is -0.589. The number of carbonyl (C=O) groups excluding carboxylic acids is 3. The first-order valence-corrected chi connectivity index (χ1v) is 17.6. The Kier molecular flexibility index (Phi) is 10.0. The van der Waals surface area contributed by atoms with Gasteiger partial charge in [-0.05, 0) is 84.8 Å². The van der Waals surface area contributed by atoms with Crippen LogP contribution in [0.2, 0.25) is 0 Å². The summed E-state index contributed by atoms with van der Waals surface area (Å²) in [6.45, 7) is 6.22. The van der Waals surface area contributed by atoms with Gasteiger partial charge in [0.05, 0.1) is 29.1 Å². The average molecular weight is 666 g/mol. The van der Waals surface area contributed by atoms with Gasteiger partial charge in [0.25, 0.3) is 11.8 Å². The third-order valence-electron chi connectivity index (χ3n) is 9.94. The van der Waals surface area contributed by atoms with E-state index in [1.54, 1.807) is 0 Å². The molecule has 0 aliphatic carbocycles. The molecular formula is C42H43N5O3. The van der Waals surface area contributed by atoms with Gasteiger partial charge < -0.3 is 26.2 Å². The van der Waals surface area contributed by atoms with Gasteiger partial charge in [-0.1, -0.05) is 110 Å². The molecule has 7 rings (SSSR count). The van der Waals surface area contributed by atoms with E-state index in [1.807, 2.05) is 103 Å². The largest absolute Gasteiger partial charge is 0.351 e. The predicted molar refractivity (Wildman–Crippen MR) is 198 cm³/mol. The molecule has 1 unspecified atom stereocenters. The maximum absolute atomic E-state index is 13.2. The second kappa shape index (κ2) is 15.1. The van der Waals surface area contributed by atoms with Gasteiger partial charge in [-0.2, -0.15) is 0 Å². The minimum absolute atomic E-state index is 0.00703. The molecule has 50 heavy (non-hydrogen) atoms. The summed E-state index contributed by atoms with van der Waals surface area (Å²) in [6, 6.07) is 34.5. The van der Waals surface area contributed by atoms with Crippen LogP contribution in [-0.2, 0) is 20.9 Å². The van der Waals surface area contributed by atoms with Crippen LogP contribution in [0, 0.1) is 0 Å². The van der Waals surface area contributed by atoms with Crippen molar-refractivity contribution in [3.8, 4) is 22.3 Å². The van der Waals surface area contributed by atoms with Crippen LogP contribution in [0.15, 0.2) is 114 Å². The number of nitrogens with one attached hydrogen (secondary N) is 4. The van der Waals surface area contributed by atoms with Crippen molar-refractivity contribution in [2.75, 3.05) is 26.2 Å². The fraction of sp³-hybridized carbons (Fsp3) is 0.262. The van der Waals surface area contributed by atoms with Crippen LogP contribution < -0.4 is 21.3 Å². The molecule has 3 aliphatic heterocycles. The lowest BCUT2D eigenvalue weighted by Crippen LogP contribution is -2.39. The number of benzene rings is 4.